The fraction of sp³-hybridized carbons (Fsp3) is 0.571. The Bertz CT molecular complexity index is 376. The van der Waals surface area contributed by atoms with Gasteiger partial charge in [-0.2, -0.15) is 0 Å². The predicted molar refractivity (Wildman–Crippen MR) is 75.3 cm³/mol. The van der Waals surface area contributed by atoms with Gasteiger partial charge in [-0.1, -0.05) is 28.9 Å². The van der Waals surface area contributed by atoms with Crippen molar-refractivity contribution >= 4 is 21.6 Å². The van der Waals surface area contributed by atoms with Crippen LogP contribution in [0.25, 0.3) is 0 Å². The Morgan fingerprint density at radius 2 is 2.18 bits per heavy atom. The van der Waals surface area contributed by atoms with Gasteiger partial charge in [0, 0.05) is 23.2 Å². The lowest BCUT2D eigenvalue weighted by atomic mass is 10.2. The standard InChI is InChI=1S/C14H20BrNO/c1-2-7-16(9-11-3-4-11)13-6-5-12(10-17)14(15)8-13/h5-6,8,11,17H,2-4,7,9-10H2,1H3. The maximum Gasteiger partial charge on any atom is 0.0692 e. The molecule has 1 N–H and O–H groups in total. The highest BCUT2D eigenvalue weighted by Crippen LogP contribution is 2.32. The van der Waals surface area contributed by atoms with Gasteiger partial charge in [-0.25, -0.2) is 0 Å². The van der Waals surface area contributed by atoms with E-state index in [1.807, 2.05) is 6.07 Å². The van der Waals surface area contributed by atoms with E-state index in [2.05, 4.69) is 39.9 Å². The lowest BCUT2D eigenvalue weighted by molar-refractivity contribution is 0.281. The molecule has 1 fully saturated rings. The van der Waals surface area contributed by atoms with Crippen LogP contribution in [0.2, 0.25) is 0 Å². The summed E-state index contributed by atoms with van der Waals surface area (Å²) in [5, 5.41) is 9.16. The van der Waals surface area contributed by atoms with Crippen molar-refractivity contribution < 1.29 is 5.11 Å². The second-order valence-electron chi connectivity index (χ2n) is 4.82. The molecule has 0 aromatic heterocycles. The van der Waals surface area contributed by atoms with E-state index >= 15 is 0 Å². The molecule has 94 valence electrons. The number of hydrogen-bond acceptors (Lipinski definition) is 2. The molecule has 1 aromatic rings. The van der Waals surface area contributed by atoms with Gasteiger partial charge in [-0.05, 0) is 42.9 Å². The number of aliphatic hydroxyl groups is 1. The number of nitrogens with zero attached hydrogens (tertiary/aromatic N) is 1. The zero-order valence-electron chi connectivity index (χ0n) is 10.3. The smallest absolute Gasteiger partial charge is 0.0692 e. The van der Waals surface area contributed by atoms with Gasteiger partial charge in [0.25, 0.3) is 0 Å². The number of benzene rings is 1. The molecule has 2 rings (SSSR count). The highest BCUT2D eigenvalue weighted by Gasteiger charge is 2.24. The van der Waals surface area contributed by atoms with Crippen molar-refractivity contribution in [2.24, 2.45) is 5.92 Å². The minimum absolute atomic E-state index is 0.0945. The molecule has 3 heteroatoms. The summed E-state index contributed by atoms with van der Waals surface area (Å²) in [6.45, 7) is 4.61. The van der Waals surface area contributed by atoms with Crippen molar-refractivity contribution in [1.29, 1.82) is 0 Å². The molecular weight excluding hydrogens is 278 g/mol. The van der Waals surface area contributed by atoms with Crippen LogP contribution in [0.1, 0.15) is 31.7 Å². The van der Waals surface area contributed by atoms with Gasteiger partial charge in [-0.15, -0.1) is 0 Å². The van der Waals surface area contributed by atoms with E-state index in [4.69, 9.17) is 5.11 Å². The molecule has 0 unspecified atom stereocenters. The normalized spacial score (nSPS) is 15.0. The fourth-order valence-corrected chi connectivity index (χ4v) is 2.56. The topological polar surface area (TPSA) is 23.5 Å². The molecule has 17 heavy (non-hydrogen) atoms. The number of hydrogen-bond donors (Lipinski definition) is 1. The molecule has 2 nitrogen and oxygen atoms in total. The first-order chi connectivity index (χ1) is 8.24. The van der Waals surface area contributed by atoms with Crippen LogP contribution >= 0.6 is 15.9 Å². The highest BCUT2D eigenvalue weighted by atomic mass is 79.9. The van der Waals surface area contributed by atoms with E-state index in [1.165, 1.54) is 31.5 Å². The van der Waals surface area contributed by atoms with Gasteiger partial charge in [0.2, 0.25) is 0 Å². The van der Waals surface area contributed by atoms with Gasteiger partial charge in [0.05, 0.1) is 6.61 Å². The maximum atomic E-state index is 9.16. The highest BCUT2D eigenvalue weighted by molar-refractivity contribution is 9.10. The van der Waals surface area contributed by atoms with Gasteiger partial charge in [0.15, 0.2) is 0 Å². The lowest BCUT2D eigenvalue weighted by Crippen LogP contribution is -2.26. The van der Waals surface area contributed by atoms with Crippen LogP contribution in [0.15, 0.2) is 22.7 Å². The van der Waals surface area contributed by atoms with Gasteiger partial charge in [-0.3, -0.25) is 0 Å². The summed E-state index contributed by atoms with van der Waals surface area (Å²) in [5.74, 6) is 0.901. The van der Waals surface area contributed by atoms with Crippen molar-refractivity contribution in [3.05, 3.63) is 28.2 Å². The monoisotopic (exact) mass is 297 g/mol. The number of halogens is 1. The van der Waals surface area contributed by atoms with Crippen LogP contribution in [0, 0.1) is 5.92 Å². The third kappa shape index (κ3) is 3.46. The zero-order valence-corrected chi connectivity index (χ0v) is 11.9. The molecule has 1 aliphatic rings. The third-order valence-electron chi connectivity index (χ3n) is 3.24. The summed E-state index contributed by atoms with van der Waals surface area (Å²) in [5.41, 5.74) is 2.22. The molecule has 0 bridgehead atoms. The lowest BCUT2D eigenvalue weighted by Gasteiger charge is -2.25. The van der Waals surface area contributed by atoms with Crippen molar-refractivity contribution in [3.8, 4) is 0 Å². The first-order valence-corrected chi connectivity index (χ1v) is 7.18. The second-order valence-corrected chi connectivity index (χ2v) is 5.68. The summed E-state index contributed by atoms with van der Waals surface area (Å²) in [7, 11) is 0. The molecule has 1 saturated carbocycles. The Kier molecular flexibility index (Phi) is 4.46. The van der Waals surface area contributed by atoms with Crippen molar-refractivity contribution in [1.82, 2.24) is 0 Å². The summed E-state index contributed by atoms with van der Waals surface area (Å²) < 4.78 is 1.01. The molecule has 0 atom stereocenters. The van der Waals surface area contributed by atoms with Gasteiger partial charge >= 0.3 is 0 Å². The van der Waals surface area contributed by atoms with Gasteiger partial charge < -0.3 is 10.0 Å². The van der Waals surface area contributed by atoms with Crippen LogP contribution in [0.5, 0.6) is 0 Å². The van der Waals surface area contributed by atoms with Crippen molar-refractivity contribution in [2.45, 2.75) is 32.8 Å². The Morgan fingerprint density at radius 1 is 1.41 bits per heavy atom. The summed E-state index contributed by atoms with van der Waals surface area (Å²) >= 11 is 3.52. The van der Waals surface area contributed by atoms with Crippen LogP contribution in [-0.2, 0) is 6.61 Å². The van der Waals surface area contributed by atoms with Crippen LogP contribution in [0.4, 0.5) is 5.69 Å². The van der Waals surface area contributed by atoms with E-state index in [0.29, 0.717) is 0 Å². The van der Waals surface area contributed by atoms with E-state index < -0.39 is 0 Å². The first kappa shape index (κ1) is 12.9. The summed E-state index contributed by atoms with van der Waals surface area (Å²) in [6.07, 6.45) is 3.94. The molecule has 0 spiro atoms. The molecule has 0 heterocycles. The second kappa shape index (κ2) is 5.87. The largest absolute Gasteiger partial charge is 0.392 e. The Hall–Kier alpha value is -0.540. The van der Waals surface area contributed by atoms with Crippen molar-refractivity contribution in [3.63, 3.8) is 0 Å². The number of anilines is 1. The molecule has 0 radical (unpaired) electrons. The molecule has 1 aliphatic carbocycles. The minimum atomic E-state index is 0.0945. The van der Waals surface area contributed by atoms with Crippen LogP contribution in [0.3, 0.4) is 0 Å². The summed E-state index contributed by atoms with van der Waals surface area (Å²) in [4.78, 5) is 2.46. The molecular formula is C14H20BrNO. The Balaban J connectivity index is 2.13. The number of aliphatic hydroxyl groups excluding tert-OH is 1. The first-order valence-electron chi connectivity index (χ1n) is 6.38. The summed E-state index contributed by atoms with van der Waals surface area (Å²) in [6, 6.07) is 6.26. The van der Waals surface area contributed by atoms with E-state index in [9.17, 15) is 0 Å². The van der Waals surface area contributed by atoms with Crippen LogP contribution < -0.4 is 4.90 Å². The Labute approximate surface area is 112 Å². The Morgan fingerprint density at radius 3 is 2.71 bits per heavy atom. The average Bonchev–Trinajstić information content (AvgIpc) is 3.12. The number of rotatable bonds is 6. The molecule has 0 amide bonds. The van der Waals surface area contributed by atoms with Crippen LogP contribution in [-0.4, -0.2) is 18.2 Å². The van der Waals surface area contributed by atoms with E-state index in [1.54, 1.807) is 0 Å². The molecule has 0 saturated heterocycles. The average molecular weight is 298 g/mol. The fourth-order valence-electron chi connectivity index (χ4n) is 2.07. The third-order valence-corrected chi connectivity index (χ3v) is 3.98. The van der Waals surface area contributed by atoms with Crippen molar-refractivity contribution in [2.75, 3.05) is 18.0 Å². The predicted octanol–water partition coefficient (Wildman–Crippen LogP) is 3.57. The van der Waals surface area contributed by atoms with Gasteiger partial charge in [0.1, 0.15) is 0 Å². The maximum absolute atomic E-state index is 9.16. The molecule has 0 aliphatic heterocycles. The molecule has 1 aromatic carbocycles. The minimum Gasteiger partial charge on any atom is -0.392 e. The van der Waals surface area contributed by atoms with E-state index in [0.717, 1.165) is 22.5 Å². The quantitative estimate of drug-likeness (QED) is 0.868. The SMILES string of the molecule is CCCN(CC1CC1)c1ccc(CO)c(Br)c1. The zero-order chi connectivity index (χ0) is 12.3. The van der Waals surface area contributed by atoms with E-state index in [-0.39, 0.29) is 6.61 Å².